The molecular weight excluding hydrogens is 488 g/mol. The fraction of sp³-hybridized carbons (Fsp3) is 0.212. The molecule has 0 aromatic heterocycles. The maximum Gasteiger partial charge on any atom is 0.224 e. The molecule has 0 aliphatic rings. The Kier molecular flexibility index (Phi) is 10.1. The molecule has 0 bridgehead atoms. The number of benzene rings is 4. The molecule has 0 aliphatic carbocycles. The van der Waals surface area contributed by atoms with Crippen molar-refractivity contribution in [2.75, 3.05) is 18.5 Å². The van der Waals surface area contributed by atoms with Crippen LogP contribution in [0.5, 0.6) is 11.5 Å². The molecule has 39 heavy (non-hydrogen) atoms. The molecule has 1 unspecified atom stereocenters. The molecule has 0 fully saturated rings. The Morgan fingerprint density at radius 3 is 2.23 bits per heavy atom. The number of hydrogen-bond donors (Lipinski definition) is 2. The van der Waals surface area contributed by atoms with E-state index in [0.717, 1.165) is 55.3 Å². The van der Waals surface area contributed by atoms with Crippen LogP contribution < -0.4 is 14.8 Å². The molecule has 0 radical (unpaired) electrons. The first-order chi connectivity index (χ1) is 19.2. The Morgan fingerprint density at radius 2 is 1.54 bits per heavy atom. The van der Waals surface area contributed by atoms with Gasteiger partial charge in [-0.3, -0.25) is 4.79 Å². The number of carbonyl (C=O) groups is 1. The van der Waals surface area contributed by atoms with Crippen molar-refractivity contribution in [3.63, 3.8) is 0 Å². The van der Waals surface area contributed by atoms with E-state index in [1.54, 1.807) is 30.3 Å². The van der Waals surface area contributed by atoms with Crippen molar-refractivity contribution in [3.05, 3.63) is 114 Å². The zero-order valence-electron chi connectivity index (χ0n) is 21.8. The lowest BCUT2D eigenvalue weighted by atomic mass is 10.0. The van der Waals surface area contributed by atoms with E-state index >= 15 is 0 Å². The number of aliphatic hydroxyl groups is 1. The van der Waals surface area contributed by atoms with Crippen LogP contribution in [0.3, 0.4) is 0 Å². The highest BCUT2D eigenvalue weighted by Gasteiger charge is 2.11. The lowest BCUT2D eigenvalue weighted by molar-refractivity contribution is -0.0195. The Labute approximate surface area is 229 Å². The number of nitrogens with zero attached hydrogens (tertiary/aromatic N) is 1. The van der Waals surface area contributed by atoms with Gasteiger partial charge in [0.05, 0.1) is 23.8 Å². The summed E-state index contributed by atoms with van der Waals surface area (Å²) < 4.78 is 11.4. The first kappa shape index (κ1) is 27.4. The van der Waals surface area contributed by atoms with Crippen LogP contribution in [0.15, 0.2) is 97.1 Å². The number of carbonyl (C=O) groups excluding carboxylic acids is 1. The van der Waals surface area contributed by atoms with Crippen molar-refractivity contribution in [1.29, 1.82) is 5.26 Å². The second-order valence-corrected chi connectivity index (χ2v) is 9.15. The summed E-state index contributed by atoms with van der Waals surface area (Å²) in [5.74, 6) is 0.912. The summed E-state index contributed by atoms with van der Waals surface area (Å²) in [4.78, 5) is 11.6. The van der Waals surface area contributed by atoms with Crippen LogP contribution in [0.4, 0.5) is 5.69 Å². The van der Waals surface area contributed by atoms with Gasteiger partial charge in [0, 0.05) is 17.8 Å². The third kappa shape index (κ3) is 8.19. The number of aliphatic hydroxyl groups excluding tert-OH is 1. The first-order valence-electron chi connectivity index (χ1n) is 13.1. The molecule has 1 atom stereocenters. The van der Waals surface area contributed by atoms with E-state index in [1.807, 2.05) is 42.5 Å². The van der Waals surface area contributed by atoms with Gasteiger partial charge in [0.25, 0.3) is 0 Å². The van der Waals surface area contributed by atoms with Crippen molar-refractivity contribution < 1.29 is 19.4 Å². The van der Waals surface area contributed by atoms with Gasteiger partial charge in [-0.05, 0) is 66.4 Å². The Morgan fingerprint density at radius 1 is 0.846 bits per heavy atom. The van der Waals surface area contributed by atoms with Crippen LogP contribution in [0.2, 0.25) is 0 Å². The topological polar surface area (TPSA) is 91.6 Å². The maximum absolute atomic E-state index is 11.6. The summed E-state index contributed by atoms with van der Waals surface area (Å²) in [5.41, 5.74) is 4.99. The van der Waals surface area contributed by atoms with Gasteiger partial charge >= 0.3 is 0 Å². The number of unbranched alkanes of at least 4 members (excludes halogenated alkanes) is 3. The summed E-state index contributed by atoms with van der Waals surface area (Å²) in [6.45, 7) is 1.42. The van der Waals surface area contributed by atoms with Gasteiger partial charge < -0.3 is 19.9 Å². The standard InChI is InChI=1S/C33H32N2O4/c34-23-25-10-12-26(13-11-25)27-14-16-30(17-15-27)35-20-6-1-2-7-21-38-32-19-18-31(22-29(32)24-36)39-33(37)28-8-4-3-5-9-28/h3-5,8-19,22,24,33,35,37H,1-2,6-7,20-21H2. The van der Waals surface area contributed by atoms with Crippen LogP contribution in [0.1, 0.15) is 53.5 Å². The van der Waals surface area contributed by atoms with Gasteiger partial charge in [-0.1, -0.05) is 67.4 Å². The largest absolute Gasteiger partial charge is 0.493 e. The van der Waals surface area contributed by atoms with Gasteiger partial charge in [0.1, 0.15) is 11.5 Å². The fourth-order valence-corrected chi connectivity index (χ4v) is 4.15. The van der Waals surface area contributed by atoms with Crippen molar-refractivity contribution in [1.82, 2.24) is 0 Å². The summed E-state index contributed by atoms with van der Waals surface area (Å²) >= 11 is 0. The molecule has 2 N–H and O–H groups in total. The van der Waals surface area contributed by atoms with Crippen LogP contribution in [-0.2, 0) is 0 Å². The van der Waals surface area contributed by atoms with Crippen LogP contribution >= 0.6 is 0 Å². The third-order valence-corrected chi connectivity index (χ3v) is 6.33. The van der Waals surface area contributed by atoms with Gasteiger partial charge in [0.15, 0.2) is 6.29 Å². The van der Waals surface area contributed by atoms with Gasteiger partial charge in [0.2, 0.25) is 6.29 Å². The van der Waals surface area contributed by atoms with E-state index in [2.05, 4.69) is 35.7 Å². The maximum atomic E-state index is 11.6. The van der Waals surface area contributed by atoms with Crippen LogP contribution in [0.25, 0.3) is 11.1 Å². The monoisotopic (exact) mass is 520 g/mol. The van der Waals surface area contributed by atoms with Gasteiger partial charge in [-0.2, -0.15) is 5.26 Å². The highest BCUT2D eigenvalue weighted by molar-refractivity contribution is 5.80. The highest BCUT2D eigenvalue weighted by Crippen LogP contribution is 2.27. The average Bonchev–Trinajstić information content (AvgIpc) is 2.99. The lowest BCUT2D eigenvalue weighted by Gasteiger charge is -2.15. The number of aldehydes is 1. The lowest BCUT2D eigenvalue weighted by Crippen LogP contribution is -2.07. The van der Waals surface area contributed by atoms with Crippen molar-refractivity contribution >= 4 is 12.0 Å². The highest BCUT2D eigenvalue weighted by atomic mass is 16.6. The molecule has 4 aromatic carbocycles. The molecular formula is C33H32N2O4. The van der Waals surface area contributed by atoms with E-state index in [4.69, 9.17) is 14.7 Å². The number of rotatable bonds is 14. The smallest absolute Gasteiger partial charge is 0.224 e. The fourth-order valence-electron chi connectivity index (χ4n) is 4.15. The predicted octanol–water partition coefficient (Wildman–Crippen LogP) is 7.16. The van der Waals surface area contributed by atoms with Crippen molar-refractivity contribution in [2.24, 2.45) is 0 Å². The molecule has 0 aliphatic heterocycles. The third-order valence-electron chi connectivity index (χ3n) is 6.33. The minimum absolute atomic E-state index is 0.391. The average molecular weight is 521 g/mol. The number of nitriles is 1. The molecule has 4 rings (SSSR count). The van der Waals surface area contributed by atoms with E-state index in [9.17, 15) is 9.90 Å². The summed E-state index contributed by atoms with van der Waals surface area (Å²) in [7, 11) is 0. The molecule has 6 nitrogen and oxygen atoms in total. The van der Waals surface area contributed by atoms with Crippen LogP contribution in [0, 0.1) is 11.3 Å². The van der Waals surface area contributed by atoms with E-state index in [-0.39, 0.29) is 0 Å². The zero-order valence-corrected chi connectivity index (χ0v) is 21.8. The molecule has 6 heteroatoms. The van der Waals surface area contributed by atoms with Crippen molar-refractivity contribution in [2.45, 2.75) is 32.0 Å². The second-order valence-electron chi connectivity index (χ2n) is 9.15. The number of ether oxygens (including phenoxy) is 2. The summed E-state index contributed by atoms with van der Waals surface area (Å²) in [6, 6.07) is 32.1. The van der Waals surface area contributed by atoms with Crippen molar-refractivity contribution in [3.8, 4) is 28.7 Å². The zero-order chi connectivity index (χ0) is 27.3. The minimum Gasteiger partial charge on any atom is -0.493 e. The molecule has 0 saturated carbocycles. The first-order valence-corrected chi connectivity index (χ1v) is 13.1. The molecule has 198 valence electrons. The number of hydrogen-bond acceptors (Lipinski definition) is 6. The number of anilines is 1. The molecule has 0 spiro atoms. The van der Waals surface area contributed by atoms with E-state index in [1.165, 1.54) is 0 Å². The minimum atomic E-state index is -1.11. The molecule has 4 aromatic rings. The molecule has 0 amide bonds. The molecule has 0 heterocycles. The quantitative estimate of drug-likeness (QED) is 0.104. The summed E-state index contributed by atoms with van der Waals surface area (Å²) in [6.07, 6.45) is 3.67. The number of nitrogens with one attached hydrogen (secondary N) is 1. The summed E-state index contributed by atoms with van der Waals surface area (Å²) in [5, 5.41) is 22.6. The van der Waals surface area contributed by atoms with E-state index < -0.39 is 6.29 Å². The normalized spacial score (nSPS) is 11.3. The molecule has 0 saturated heterocycles. The Balaban J connectivity index is 1.12. The van der Waals surface area contributed by atoms with E-state index in [0.29, 0.717) is 34.8 Å². The second kappa shape index (κ2) is 14.4. The van der Waals surface area contributed by atoms with Crippen LogP contribution in [-0.4, -0.2) is 24.5 Å². The Bertz CT molecular complexity index is 1360. The Hall–Kier alpha value is -4.60. The SMILES string of the molecule is N#Cc1ccc(-c2ccc(NCCCCCCOc3ccc(OC(O)c4ccccc4)cc3C=O)cc2)cc1. The van der Waals surface area contributed by atoms with Gasteiger partial charge in [-0.25, -0.2) is 0 Å². The predicted molar refractivity (Wildman–Crippen MR) is 153 cm³/mol. The van der Waals surface area contributed by atoms with Gasteiger partial charge in [-0.15, -0.1) is 0 Å².